The first-order valence-corrected chi connectivity index (χ1v) is 7.38. The van der Waals surface area contributed by atoms with Gasteiger partial charge in [0.05, 0.1) is 17.3 Å². The van der Waals surface area contributed by atoms with Gasteiger partial charge in [-0.1, -0.05) is 6.07 Å². The van der Waals surface area contributed by atoms with E-state index >= 15 is 0 Å². The van der Waals surface area contributed by atoms with Gasteiger partial charge in [0.2, 0.25) is 0 Å². The van der Waals surface area contributed by atoms with Crippen LogP contribution in [0.5, 0.6) is 0 Å². The molecule has 5 heteroatoms. The van der Waals surface area contributed by atoms with Crippen molar-refractivity contribution in [1.29, 1.82) is 0 Å². The molecular weight excluding hydrogens is 320 g/mol. The Morgan fingerprint density at radius 3 is 2.90 bits per heavy atom. The van der Waals surface area contributed by atoms with E-state index in [-0.39, 0.29) is 5.91 Å². The van der Waals surface area contributed by atoms with Crippen molar-refractivity contribution in [3.63, 3.8) is 0 Å². The molecule has 0 spiro atoms. The number of halogens is 1. The highest BCUT2D eigenvalue weighted by Crippen LogP contribution is 2.21. The van der Waals surface area contributed by atoms with Gasteiger partial charge < -0.3 is 15.1 Å². The molecule has 2 aromatic rings. The minimum atomic E-state index is -0.00432. The average Bonchev–Trinajstić information content (AvgIpc) is 3.17. The second-order valence-electron chi connectivity index (χ2n) is 4.87. The zero-order valence-electron chi connectivity index (χ0n) is 10.9. The maximum absolute atomic E-state index is 12.0. The molecule has 1 amide bonds. The maximum atomic E-state index is 12.0. The Morgan fingerprint density at radius 1 is 1.35 bits per heavy atom. The first-order valence-electron chi connectivity index (χ1n) is 6.59. The summed E-state index contributed by atoms with van der Waals surface area (Å²) in [4.78, 5) is 12.0. The average molecular weight is 335 g/mol. The lowest BCUT2D eigenvalue weighted by Gasteiger charge is -2.08. The molecular formula is C15H15BrN2O2. The highest BCUT2D eigenvalue weighted by molar-refractivity contribution is 9.10. The largest absolute Gasteiger partial charge is 0.466 e. The van der Waals surface area contributed by atoms with Crippen molar-refractivity contribution in [1.82, 2.24) is 5.32 Å². The lowest BCUT2D eigenvalue weighted by Crippen LogP contribution is -2.25. The Hall–Kier alpha value is -1.75. The second-order valence-corrected chi connectivity index (χ2v) is 5.73. The number of furan rings is 1. The molecule has 104 valence electrons. The molecule has 0 aliphatic heterocycles. The number of carbonyl (C=O) groups is 1. The second kappa shape index (κ2) is 5.71. The molecule has 2 N–H and O–H groups in total. The van der Waals surface area contributed by atoms with Crippen LogP contribution in [0.25, 0.3) is 0 Å². The van der Waals surface area contributed by atoms with Crippen LogP contribution >= 0.6 is 15.9 Å². The fraction of sp³-hybridized carbons (Fsp3) is 0.267. The zero-order chi connectivity index (χ0) is 13.9. The monoisotopic (exact) mass is 334 g/mol. The summed E-state index contributed by atoms with van der Waals surface area (Å²) in [5, 5.41) is 6.23. The number of hydrogen-bond donors (Lipinski definition) is 2. The van der Waals surface area contributed by atoms with Gasteiger partial charge in [-0.2, -0.15) is 0 Å². The van der Waals surface area contributed by atoms with Crippen molar-refractivity contribution in [2.75, 3.05) is 5.32 Å². The minimum Gasteiger partial charge on any atom is -0.466 e. The maximum Gasteiger partial charge on any atom is 0.251 e. The van der Waals surface area contributed by atoms with Crippen molar-refractivity contribution >= 4 is 27.5 Å². The lowest BCUT2D eigenvalue weighted by atomic mass is 10.2. The van der Waals surface area contributed by atoms with Gasteiger partial charge in [0.25, 0.3) is 5.91 Å². The summed E-state index contributed by atoms with van der Waals surface area (Å²) in [7, 11) is 0. The quantitative estimate of drug-likeness (QED) is 0.879. The van der Waals surface area contributed by atoms with Crippen molar-refractivity contribution in [3.05, 3.63) is 52.4 Å². The lowest BCUT2D eigenvalue weighted by molar-refractivity contribution is 0.0951. The van der Waals surface area contributed by atoms with Gasteiger partial charge >= 0.3 is 0 Å². The van der Waals surface area contributed by atoms with Crippen LogP contribution in [-0.4, -0.2) is 11.9 Å². The molecule has 20 heavy (non-hydrogen) atoms. The minimum absolute atomic E-state index is 0.00432. The molecule has 0 bridgehead atoms. The van der Waals surface area contributed by atoms with E-state index in [0.717, 1.165) is 28.8 Å². The predicted octanol–water partition coefficient (Wildman–Crippen LogP) is 3.55. The van der Waals surface area contributed by atoms with Gasteiger partial charge in [0.1, 0.15) is 5.76 Å². The summed E-state index contributed by atoms with van der Waals surface area (Å²) in [6.07, 6.45) is 3.83. The topological polar surface area (TPSA) is 54.3 Å². The van der Waals surface area contributed by atoms with Crippen molar-refractivity contribution in [2.45, 2.75) is 25.4 Å². The summed E-state index contributed by atoms with van der Waals surface area (Å²) in [6.45, 7) is 0.571. The standard InChI is InChI=1S/C15H15BrN2O2/c16-13-6-7-20-14(13)9-17-12-3-1-2-10(8-12)15(19)18-11-4-5-11/h1-3,6-8,11,17H,4-5,9H2,(H,18,19). The zero-order valence-corrected chi connectivity index (χ0v) is 12.4. The van der Waals surface area contributed by atoms with E-state index in [9.17, 15) is 4.79 Å². The number of benzene rings is 1. The van der Waals surface area contributed by atoms with E-state index in [1.807, 2.05) is 30.3 Å². The van der Waals surface area contributed by atoms with E-state index in [4.69, 9.17) is 4.42 Å². The summed E-state index contributed by atoms with van der Waals surface area (Å²) >= 11 is 3.41. The molecule has 1 aromatic heterocycles. The van der Waals surface area contributed by atoms with E-state index in [0.29, 0.717) is 18.2 Å². The molecule has 1 saturated carbocycles. The summed E-state index contributed by atoms with van der Waals surface area (Å²) in [5.41, 5.74) is 1.58. The fourth-order valence-electron chi connectivity index (χ4n) is 1.90. The first kappa shape index (κ1) is 13.2. The molecule has 1 aromatic carbocycles. The van der Waals surface area contributed by atoms with Crippen LogP contribution in [0.2, 0.25) is 0 Å². The molecule has 0 atom stereocenters. The van der Waals surface area contributed by atoms with Crippen LogP contribution in [0.1, 0.15) is 29.0 Å². The van der Waals surface area contributed by atoms with Crippen molar-refractivity contribution in [3.8, 4) is 0 Å². The van der Waals surface area contributed by atoms with E-state index < -0.39 is 0 Å². The van der Waals surface area contributed by atoms with Gasteiger partial charge in [-0.25, -0.2) is 0 Å². The van der Waals surface area contributed by atoms with Crippen LogP contribution in [0.3, 0.4) is 0 Å². The van der Waals surface area contributed by atoms with Gasteiger partial charge in [-0.15, -0.1) is 0 Å². The summed E-state index contributed by atoms with van der Waals surface area (Å²) < 4.78 is 6.27. The molecule has 1 aliphatic carbocycles. The number of carbonyl (C=O) groups excluding carboxylic acids is 1. The highest BCUT2D eigenvalue weighted by atomic mass is 79.9. The third-order valence-corrected chi connectivity index (χ3v) is 3.89. The molecule has 1 aliphatic rings. The van der Waals surface area contributed by atoms with Gasteiger partial charge in [-0.05, 0) is 53.0 Å². The number of hydrogen-bond acceptors (Lipinski definition) is 3. The normalized spacial score (nSPS) is 14.1. The van der Waals surface area contributed by atoms with Gasteiger partial charge in [0, 0.05) is 17.3 Å². The summed E-state index contributed by atoms with van der Waals surface area (Å²) in [5.74, 6) is 0.827. The number of amides is 1. The Balaban J connectivity index is 1.64. The Morgan fingerprint density at radius 2 is 2.20 bits per heavy atom. The number of rotatable bonds is 5. The molecule has 0 radical (unpaired) electrons. The molecule has 4 nitrogen and oxygen atoms in total. The molecule has 3 rings (SSSR count). The van der Waals surface area contributed by atoms with Gasteiger partial charge in [-0.3, -0.25) is 4.79 Å². The van der Waals surface area contributed by atoms with E-state index in [2.05, 4.69) is 26.6 Å². The first-order chi connectivity index (χ1) is 9.72. The molecule has 1 heterocycles. The third kappa shape index (κ3) is 3.22. The van der Waals surface area contributed by atoms with Crippen LogP contribution in [0.15, 0.2) is 45.5 Å². The van der Waals surface area contributed by atoms with Gasteiger partial charge in [0.15, 0.2) is 0 Å². The smallest absolute Gasteiger partial charge is 0.251 e. The van der Waals surface area contributed by atoms with Crippen LogP contribution in [0.4, 0.5) is 5.69 Å². The van der Waals surface area contributed by atoms with Crippen LogP contribution in [0, 0.1) is 0 Å². The van der Waals surface area contributed by atoms with Crippen LogP contribution in [-0.2, 0) is 6.54 Å². The predicted molar refractivity (Wildman–Crippen MR) is 80.7 cm³/mol. The van der Waals surface area contributed by atoms with E-state index in [1.54, 1.807) is 6.26 Å². The Kier molecular flexibility index (Phi) is 3.78. The SMILES string of the molecule is O=C(NC1CC1)c1cccc(NCc2occc2Br)c1. The number of nitrogens with one attached hydrogen (secondary N) is 2. The fourth-order valence-corrected chi connectivity index (χ4v) is 2.24. The number of anilines is 1. The van der Waals surface area contributed by atoms with E-state index in [1.165, 1.54) is 0 Å². The Labute approximate surface area is 125 Å². The van der Waals surface area contributed by atoms with Crippen LogP contribution < -0.4 is 10.6 Å². The molecule has 0 saturated heterocycles. The molecule has 0 unspecified atom stereocenters. The van der Waals surface area contributed by atoms with Crippen molar-refractivity contribution in [2.24, 2.45) is 0 Å². The highest BCUT2D eigenvalue weighted by Gasteiger charge is 2.23. The third-order valence-electron chi connectivity index (χ3n) is 3.18. The Bertz CT molecular complexity index is 620. The van der Waals surface area contributed by atoms with Crippen molar-refractivity contribution < 1.29 is 9.21 Å². The molecule has 1 fully saturated rings. The summed E-state index contributed by atoms with van der Waals surface area (Å²) in [6, 6.07) is 9.72.